The van der Waals surface area contributed by atoms with E-state index in [1.807, 2.05) is 4.90 Å². The lowest BCUT2D eigenvalue weighted by Gasteiger charge is -2.20. The van der Waals surface area contributed by atoms with Gasteiger partial charge in [0.25, 0.3) is 0 Å². The second kappa shape index (κ2) is 7.62. The van der Waals surface area contributed by atoms with Gasteiger partial charge in [-0.05, 0) is 12.8 Å². The van der Waals surface area contributed by atoms with Gasteiger partial charge in [0.2, 0.25) is 11.8 Å². The predicted molar refractivity (Wildman–Crippen MR) is 72.7 cm³/mol. The molecule has 0 unspecified atom stereocenters. The molecule has 1 N–H and O–H groups in total. The molecule has 0 spiro atoms. The average molecular weight is 279 g/mol. The van der Waals surface area contributed by atoms with E-state index < -0.39 is 0 Å². The summed E-state index contributed by atoms with van der Waals surface area (Å²) in [4.78, 5) is 25.3. The van der Waals surface area contributed by atoms with Crippen LogP contribution in [0.4, 0.5) is 0 Å². The summed E-state index contributed by atoms with van der Waals surface area (Å²) in [6.07, 6.45) is 7.46. The summed E-state index contributed by atoms with van der Waals surface area (Å²) in [5, 5.41) is 10.3. The number of carbonyl (C=O) groups is 2. The normalized spacial score (nSPS) is 16.0. The first-order valence-corrected chi connectivity index (χ1v) is 7.14. The van der Waals surface area contributed by atoms with Gasteiger partial charge in [0.05, 0.1) is 12.7 Å². The van der Waals surface area contributed by atoms with Crippen LogP contribution in [0.25, 0.3) is 0 Å². The highest BCUT2D eigenvalue weighted by molar-refractivity contribution is 5.79. The van der Waals surface area contributed by atoms with Gasteiger partial charge < -0.3 is 10.2 Å². The molecule has 0 bridgehead atoms. The van der Waals surface area contributed by atoms with Crippen molar-refractivity contribution in [1.29, 1.82) is 0 Å². The van der Waals surface area contributed by atoms with Crippen molar-refractivity contribution in [1.82, 2.24) is 25.2 Å². The molecule has 1 fully saturated rings. The van der Waals surface area contributed by atoms with Gasteiger partial charge >= 0.3 is 0 Å². The summed E-state index contributed by atoms with van der Waals surface area (Å²) in [7, 11) is 0. The highest BCUT2D eigenvalue weighted by atomic mass is 16.2. The summed E-state index contributed by atoms with van der Waals surface area (Å²) in [6, 6.07) is 0. The molecule has 20 heavy (non-hydrogen) atoms. The number of nitrogens with zero attached hydrogens (tertiary/aromatic N) is 4. The molecule has 2 rings (SSSR count). The summed E-state index contributed by atoms with van der Waals surface area (Å²) in [5.74, 6) is 0.153. The fourth-order valence-corrected chi connectivity index (χ4v) is 2.26. The molecule has 7 heteroatoms. The van der Waals surface area contributed by atoms with Crippen molar-refractivity contribution in [3.05, 3.63) is 12.4 Å². The van der Waals surface area contributed by atoms with Gasteiger partial charge in [-0.1, -0.05) is 11.6 Å². The monoisotopic (exact) mass is 279 g/mol. The molecule has 2 heterocycles. The summed E-state index contributed by atoms with van der Waals surface area (Å²) in [5.41, 5.74) is 0. The van der Waals surface area contributed by atoms with Crippen molar-refractivity contribution in [3.63, 3.8) is 0 Å². The van der Waals surface area contributed by atoms with E-state index in [0.717, 1.165) is 25.8 Å². The second-order valence-corrected chi connectivity index (χ2v) is 4.96. The Balaban J connectivity index is 1.62. The molecule has 0 aromatic carbocycles. The van der Waals surface area contributed by atoms with Crippen LogP contribution in [0.5, 0.6) is 0 Å². The number of nitrogens with one attached hydrogen (secondary N) is 1. The fourth-order valence-electron chi connectivity index (χ4n) is 2.26. The summed E-state index contributed by atoms with van der Waals surface area (Å²) >= 11 is 0. The molecule has 1 aromatic rings. The van der Waals surface area contributed by atoms with Gasteiger partial charge in [0, 0.05) is 38.7 Å². The molecule has 7 nitrogen and oxygen atoms in total. The van der Waals surface area contributed by atoms with Crippen LogP contribution in [0, 0.1) is 0 Å². The lowest BCUT2D eigenvalue weighted by atomic mass is 10.2. The van der Waals surface area contributed by atoms with Gasteiger partial charge in [0.1, 0.15) is 0 Å². The molecular weight excluding hydrogens is 258 g/mol. The average Bonchev–Trinajstić information content (AvgIpc) is 2.86. The van der Waals surface area contributed by atoms with E-state index in [0.29, 0.717) is 32.5 Å². The maximum Gasteiger partial charge on any atom is 0.222 e. The maximum absolute atomic E-state index is 11.8. The van der Waals surface area contributed by atoms with Crippen molar-refractivity contribution in [2.45, 2.75) is 38.6 Å². The van der Waals surface area contributed by atoms with Crippen molar-refractivity contribution < 1.29 is 9.59 Å². The van der Waals surface area contributed by atoms with E-state index in [1.54, 1.807) is 17.1 Å². The standard InChI is InChI=1S/C13H21N5O2/c19-12(14-6-10-18-11-7-15-16-18)5-9-17-8-3-1-2-4-13(17)20/h7,11H,1-6,8-10H2,(H,14,19). The van der Waals surface area contributed by atoms with Crippen LogP contribution >= 0.6 is 0 Å². The van der Waals surface area contributed by atoms with Crippen LogP contribution in [-0.4, -0.2) is 51.3 Å². The Labute approximate surface area is 118 Å². The molecule has 2 amide bonds. The number of amides is 2. The first-order valence-electron chi connectivity index (χ1n) is 7.14. The van der Waals surface area contributed by atoms with Crippen LogP contribution < -0.4 is 5.32 Å². The summed E-state index contributed by atoms with van der Waals surface area (Å²) in [6.45, 7) is 2.43. The van der Waals surface area contributed by atoms with Crippen LogP contribution in [0.3, 0.4) is 0 Å². The van der Waals surface area contributed by atoms with Gasteiger partial charge in [-0.2, -0.15) is 0 Å². The third-order valence-electron chi connectivity index (χ3n) is 3.42. The first-order chi connectivity index (χ1) is 9.75. The molecule has 1 aliphatic rings. The Kier molecular flexibility index (Phi) is 5.52. The molecule has 1 aromatic heterocycles. The third-order valence-corrected chi connectivity index (χ3v) is 3.42. The van der Waals surface area contributed by atoms with Gasteiger partial charge in [-0.3, -0.25) is 14.3 Å². The smallest absolute Gasteiger partial charge is 0.222 e. The van der Waals surface area contributed by atoms with Gasteiger partial charge in [-0.25, -0.2) is 0 Å². The zero-order valence-corrected chi connectivity index (χ0v) is 11.6. The molecule has 1 saturated heterocycles. The Morgan fingerprint density at radius 3 is 3.00 bits per heavy atom. The SMILES string of the molecule is O=C(CCN1CCCCCC1=O)NCCn1ccnn1. The van der Waals surface area contributed by atoms with E-state index in [-0.39, 0.29) is 11.8 Å². The van der Waals surface area contributed by atoms with E-state index >= 15 is 0 Å². The quantitative estimate of drug-likeness (QED) is 0.806. The van der Waals surface area contributed by atoms with Crippen molar-refractivity contribution in [2.24, 2.45) is 0 Å². The van der Waals surface area contributed by atoms with E-state index in [1.165, 1.54) is 0 Å². The molecular formula is C13H21N5O2. The van der Waals surface area contributed by atoms with Gasteiger partial charge in [-0.15, -0.1) is 5.10 Å². The lowest BCUT2D eigenvalue weighted by Crippen LogP contribution is -2.35. The van der Waals surface area contributed by atoms with Crippen LogP contribution in [0.15, 0.2) is 12.4 Å². The van der Waals surface area contributed by atoms with Crippen molar-refractivity contribution >= 4 is 11.8 Å². The number of hydrogen-bond donors (Lipinski definition) is 1. The number of rotatable bonds is 6. The number of carbonyl (C=O) groups excluding carboxylic acids is 2. The van der Waals surface area contributed by atoms with Crippen LogP contribution in [-0.2, 0) is 16.1 Å². The fraction of sp³-hybridized carbons (Fsp3) is 0.692. The third kappa shape index (κ3) is 4.64. The molecule has 0 radical (unpaired) electrons. The van der Waals surface area contributed by atoms with Crippen LogP contribution in [0.1, 0.15) is 32.1 Å². The molecule has 1 aliphatic heterocycles. The topological polar surface area (TPSA) is 80.1 Å². The number of aromatic nitrogens is 3. The van der Waals surface area contributed by atoms with E-state index in [4.69, 9.17) is 0 Å². The van der Waals surface area contributed by atoms with Crippen molar-refractivity contribution in [3.8, 4) is 0 Å². The maximum atomic E-state index is 11.8. The number of likely N-dealkylation sites (tertiary alicyclic amines) is 1. The Morgan fingerprint density at radius 1 is 1.30 bits per heavy atom. The minimum absolute atomic E-state index is 0.0258. The minimum Gasteiger partial charge on any atom is -0.354 e. The first kappa shape index (κ1) is 14.5. The Morgan fingerprint density at radius 2 is 2.20 bits per heavy atom. The molecule has 0 aliphatic carbocycles. The molecule has 110 valence electrons. The minimum atomic E-state index is -0.0258. The molecule has 0 saturated carbocycles. The molecule has 0 atom stereocenters. The van der Waals surface area contributed by atoms with Crippen molar-refractivity contribution in [2.75, 3.05) is 19.6 Å². The largest absolute Gasteiger partial charge is 0.354 e. The Hall–Kier alpha value is -1.92. The highest BCUT2D eigenvalue weighted by Gasteiger charge is 2.16. The van der Waals surface area contributed by atoms with Crippen LogP contribution in [0.2, 0.25) is 0 Å². The zero-order valence-electron chi connectivity index (χ0n) is 11.6. The van der Waals surface area contributed by atoms with E-state index in [2.05, 4.69) is 15.6 Å². The lowest BCUT2D eigenvalue weighted by molar-refractivity contribution is -0.131. The highest BCUT2D eigenvalue weighted by Crippen LogP contribution is 2.11. The number of hydrogen-bond acceptors (Lipinski definition) is 4. The Bertz CT molecular complexity index is 432. The zero-order chi connectivity index (χ0) is 14.2. The summed E-state index contributed by atoms with van der Waals surface area (Å²) < 4.78 is 1.67. The van der Waals surface area contributed by atoms with Gasteiger partial charge in [0.15, 0.2) is 0 Å². The van der Waals surface area contributed by atoms with E-state index in [9.17, 15) is 9.59 Å². The predicted octanol–water partition coefficient (Wildman–Crippen LogP) is 0.187. The second-order valence-electron chi connectivity index (χ2n) is 4.96.